The van der Waals surface area contributed by atoms with Crippen LogP contribution in [0.3, 0.4) is 0 Å². The summed E-state index contributed by atoms with van der Waals surface area (Å²) in [5.41, 5.74) is 0. The van der Waals surface area contributed by atoms with Crippen molar-refractivity contribution in [1.82, 2.24) is 0 Å². The minimum absolute atomic E-state index is 1.15. The Kier molecular flexibility index (Phi) is 6.97. The molecule has 3 rings (SSSR count). The summed E-state index contributed by atoms with van der Waals surface area (Å²) in [7, 11) is -4.94. The van der Waals surface area contributed by atoms with Gasteiger partial charge < -0.3 is 0 Å². The number of hydrogen-bond acceptors (Lipinski definition) is 4. The van der Waals surface area contributed by atoms with Crippen molar-refractivity contribution in [2.24, 2.45) is 0 Å². The number of rotatable bonds is 3. The van der Waals surface area contributed by atoms with Crippen molar-refractivity contribution >= 4 is 27.3 Å². The van der Waals surface area contributed by atoms with Crippen LogP contribution in [0.15, 0.2) is 91.0 Å². The Morgan fingerprint density at radius 3 is 0.875 bits per heavy atom. The third-order valence-electron chi connectivity index (χ3n) is 2.94. The standard InChI is InChI=1S/C18H15Se.ClHO4/c1-4-10-16(11-5-1)19(17-12-6-2-7-13-17)18-14-8-3-9-15-18;2-1(3,4)5/h1-15H;(H,2,3,4,5)/q+1;/p-1. The van der Waals surface area contributed by atoms with Crippen LogP contribution in [0.5, 0.6) is 0 Å². The molecule has 4 nitrogen and oxygen atoms in total. The molecular weight excluding hydrogens is 395 g/mol. The van der Waals surface area contributed by atoms with Crippen LogP contribution in [-0.2, 0) is 0 Å². The molecule has 0 bridgehead atoms. The van der Waals surface area contributed by atoms with Crippen LogP contribution in [0.25, 0.3) is 0 Å². The van der Waals surface area contributed by atoms with Crippen LogP contribution >= 0.6 is 0 Å². The number of benzene rings is 3. The predicted molar refractivity (Wildman–Crippen MR) is 84.0 cm³/mol. The molecule has 0 saturated carbocycles. The fourth-order valence-corrected chi connectivity index (χ4v) is 6.49. The van der Waals surface area contributed by atoms with E-state index in [1.165, 1.54) is 13.4 Å². The van der Waals surface area contributed by atoms with Crippen LogP contribution in [0.2, 0.25) is 0 Å². The van der Waals surface area contributed by atoms with E-state index in [2.05, 4.69) is 91.0 Å². The van der Waals surface area contributed by atoms with Gasteiger partial charge >= 0.3 is 118 Å². The molecule has 0 unspecified atom stereocenters. The Balaban J connectivity index is 0.000000368. The van der Waals surface area contributed by atoms with E-state index in [1.807, 2.05) is 0 Å². The zero-order valence-electron chi connectivity index (χ0n) is 12.6. The molecule has 124 valence electrons. The molecule has 0 aliphatic carbocycles. The van der Waals surface area contributed by atoms with Crippen molar-refractivity contribution in [1.29, 1.82) is 0 Å². The van der Waals surface area contributed by atoms with Gasteiger partial charge in [-0.2, -0.15) is 0 Å². The van der Waals surface area contributed by atoms with Gasteiger partial charge in [0.25, 0.3) is 0 Å². The van der Waals surface area contributed by atoms with E-state index in [4.69, 9.17) is 18.6 Å². The van der Waals surface area contributed by atoms with Crippen molar-refractivity contribution in [3.63, 3.8) is 0 Å². The SMILES string of the molecule is [O-][Cl+3]([O-])([O-])[O-].c1ccc([Se+](c2ccccc2)c2ccccc2)cc1. The van der Waals surface area contributed by atoms with E-state index in [0.29, 0.717) is 0 Å². The third kappa shape index (κ3) is 6.43. The minimum atomic E-state index is -4.94. The van der Waals surface area contributed by atoms with Crippen molar-refractivity contribution in [2.75, 3.05) is 0 Å². The normalized spacial score (nSPS) is 10.9. The van der Waals surface area contributed by atoms with Crippen molar-refractivity contribution in [3.8, 4) is 0 Å². The molecule has 0 heterocycles. The first-order chi connectivity index (χ1) is 11.4. The van der Waals surface area contributed by atoms with Crippen LogP contribution in [0, 0.1) is 10.2 Å². The van der Waals surface area contributed by atoms with Gasteiger partial charge in [0.05, 0.1) is 0 Å². The average Bonchev–Trinajstić information content (AvgIpc) is 2.57. The van der Waals surface area contributed by atoms with E-state index < -0.39 is 24.1 Å². The van der Waals surface area contributed by atoms with E-state index in [0.717, 1.165) is 0 Å². The van der Waals surface area contributed by atoms with E-state index >= 15 is 0 Å². The van der Waals surface area contributed by atoms with Crippen LogP contribution in [0.4, 0.5) is 0 Å². The second-order valence-corrected chi connectivity index (χ2v) is 9.63. The first-order valence-corrected chi connectivity index (χ1v) is 10.8. The summed E-state index contributed by atoms with van der Waals surface area (Å²) in [6, 6.07) is 32.6. The first kappa shape index (κ1) is 18.6. The van der Waals surface area contributed by atoms with Crippen molar-refractivity contribution in [3.05, 3.63) is 91.0 Å². The second-order valence-electron chi connectivity index (χ2n) is 4.62. The molecule has 6 heteroatoms. The Labute approximate surface area is 147 Å². The van der Waals surface area contributed by atoms with E-state index in [1.54, 1.807) is 0 Å². The zero-order chi connectivity index (χ0) is 17.4. The molecular formula is C18H15ClO4Se. The van der Waals surface area contributed by atoms with Gasteiger partial charge in [-0.15, -0.1) is 10.2 Å². The Morgan fingerprint density at radius 1 is 0.458 bits per heavy atom. The van der Waals surface area contributed by atoms with E-state index in [9.17, 15) is 0 Å². The van der Waals surface area contributed by atoms with Crippen LogP contribution in [0.1, 0.15) is 0 Å². The predicted octanol–water partition coefficient (Wildman–Crippen LogP) is -2.55. The van der Waals surface area contributed by atoms with Gasteiger partial charge in [-0.3, -0.25) is 0 Å². The maximum atomic E-state index is 8.49. The first-order valence-electron chi connectivity index (χ1n) is 6.96. The van der Waals surface area contributed by atoms with Gasteiger partial charge in [-0.25, -0.2) is 18.6 Å². The topological polar surface area (TPSA) is 92.2 Å². The second kappa shape index (κ2) is 8.97. The molecule has 0 aliphatic rings. The summed E-state index contributed by atoms with van der Waals surface area (Å²) in [6.07, 6.45) is 0. The molecule has 0 saturated heterocycles. The molecule has 3 aromatic rings. The summed E-state index contributed by atoms with van der Waals surface area (Å²) < 4.78 is 38.3. The quantitative estimate of drug-likeness (QED) is 0.445. The molecule has 0 radical (unpaired) electrons. The third-order valence-corrected chi connectivity index (χ3v) is 7.62. The molecule has 0 spiro atoms. The van der Waals surface area contributed by atoms with Gasteiger partial charge in [0.15, 0.2) is 0 Å². The average molecular weight is 410 g/mol. The summed E-state index contributed by atoms with van der Waals surface area (Å²) in [5.74, 6) is 0. The molecule has 0 amide bonds. The molecule has 24 heavy (non-hydrogen) atoms. The van der Waals surface area contributed by atoms with Crippen molar-refractivity contribution in [2.45, 2.75) is 0 Å². The van der Waals surface area contributed by atoms with Gasteiger partial charge in [-0.1, -0.05) is 0 Å². The Bertz CT molecular complexity index is 618. The van der Waals surface area contributed by atoms with Gasteiger partial charge in [0, 0.05) is 0 Å². The summed E-state index contributed by atoms with van der Waals surface area (Å²) in [6.45, 7) is 0. The fourth-order valence-electron chi connectivity index (χ4n) is 2.08. The van der Waals surface area contributed by atoms with Crippen molar-refractivity contribution < 1.29 is 28.9 Å². The van der Waals surface area contributed by atoms with Gasteiger partial charge in [-0.05, 0) is 0 Å². The summed E-state index contributed by atoms with van der Waals surface area (Å²) in [4.78, 5) is 0. The maximum absolute atomic E-state index is 8.49. The number of hydrogen-bond donors (Lipinski definition) is 0. The fraction of sp³-hybridized carbons (Fsp3) is 0. The summed E-state index contributed by atoms with van der Waals surface area (Å²) >= 11 is -1.15. The Morgan fingerprint density at radius 2 is 0.667 bits per heavy atom. The monoisotopic (exact) mass is 410 g/mol. The van der Waals surface area contributed by atoms with Crippen LogP contribution in [-0.4, -0.2) is 13.9 Å². The number of halogens is 1. The van der Waals surface area contributed by atoms with E-state index in [-0.39, 0.29) is 0 Å². The van der Waals surface area contributed by atoms with Crippen LogP contribution < -0.4 is 32.0 Å². The van der Waals surface area contributed by atoms with Gasteiger partial charge in [0.1, 0.15) is 0 Å². The molecule has 0 aromatic heterocycles. The molecule has 3 aromatic carbocycles. The Hall–Kier alpha value is -1.69. The molecule has 0 atom stereocenters. The molecule has 0 N–H and O–H groups in total. The molecule has 0 aliphatic heterocycles. The summed E-state index contributed by atoms with van der Waals surface area (Å²) in [5, 5.41) is 0. The zero-order valence-corrected chi connectivity index (χ0v) is 15.0. The van der Waals surface area contributed by atoms with Gasteiger partial charge in [0.2, 0.25) is 0 Å². The molecule has 0 fully saturated rings.